The van der Waals surface area contributed by atoms with E-state index < -0.39 is 0 Å². The highest BCUT2D eigenvalue weighted by molar-refractivity contribution is 8.01. The van der Waals surface area contributed by atoms with Crippen molar-refractivity contribution in [2.45, 2.75) is 70.5 Å². The van der Waals surface area contributed by atoms with E-state index >= 15 is 0 Å². The van der Waals surface area contributed by atoms with Gasteiger partial charge in [0.15, 0.2) is 0 Å². The Morgan fingerprint density at radius 1 is 1.18 bits per heavy atom. The van der Waals surface area contributed by atoms with Crippen LogP contribution < -0.4 is 14.8 Å². The van der Waals surface area contributed by atoms with Crippen LogP contribution in [0, 0.1) is 0 Å². The molecule has 214 valence electrons. The molecule has 2 aromatic rings. The Kier molecular flexibility index (Phi) is 12.2. The normalized spacial score (nSPS) is 17.6. The smallest absolute Gasteiger partial charge is 0.222 e. The molecule has 0 saturated carbocycles. The van der Waals surface area contributed by atoms with Crippen molar-refractivity contribution in [1.29, 1.82) is 0 Å². The third-order valence-electron chi connectivity index (χ3n) is 7.21. The maximum atomic E-state index is 13.4. The lowest BCUT2D eigenvalue weighted by Gasteiger charge is -2.23. The van der Waals surface area contributed by atoms with Crippen LogP contribution in [0.1, 0.15) is 80.6 Å². The van der Waals surface area contributed by atoms with Crippen molar-refractivity contribution in [3.8, 4) is 5.75 Å². The van der Waals surface area contributed by atoms with Gasteiger partial charge in [-0.05, 0) is 74.1 Å². The number of halogens is 1. The molecule has 2 aromatic carbocycles. The first-order valence-electron chi connectivity index (χ1n) is 14.5. The van der Waals surface area contributed by atoms with Crippen molar-refractivity contribution in [3.05, 3.63) is 99.5 Å². The summed E-state index contributed by atoms with van der Waals surface area (Å²) < 4.78 is 9.67. The molecular formula is C33H42ClN3O2S. The second-order valence-corrected chi connectivity index (χ2v) is 12.0. The zero-order valence-electron chi connectivity index (χ0n) is 23.7. The number of rotatable bonds is 13. The van der Waals surface area contributed by atoms with Crippen LogP contribution in [-0.4, -0.2) is 31.0 Å². The van der Waals surface area contributed by atoms with Crippen LogP contribution in [0.15, 0.2) is 82.8 Å². The van der Waals surface area contributed by atoms with Crippen molar-refractivity contribution in [1.82, 2.24) is 14.9 Å². The van der Waals surface area contributed by atoms with E-state index in [-0.39, 0.29) is 18.0 Å². The summed E-state index contributed by atoms with van der Waals surface area (Å²) in [7, 11) is 2.18. The maximum absolute atomic E-state index is 13.4. The maximum Gasteiger partial charge on any atom is 0.222 e. The molecule has 0 aromatic heterocycles. The molecule has 0 spiro atoms. The molecule has 1 aliphatic heterocycles. The first kappa shape index (κ1) is 30.4. The Labute approximate surface area is 249 Å². The molecular weight excluding hydrogens is 538 g/mol. The molecule has 1 amide bonds. The zero-order valence-corrected chi connectivity index (χ0v) is 25.3. The van der Waals surface area contributed by atoms with Crippen LogP contribution in [0.4, 0.5) is 0 Å². The molecule has 1 heterocycles. The fraction of sp³-hybridized carbons (Fsp3) is 0.424. The zero-order chi connectivity index (χ0) is 28.2. The second kappa shape index (κ2) is 16.1. The molecule has 5 nitrogen and oxygen atoms in total. The Morgan fingerprint density at radius 2 is 2.02 bits per heavy atom. The Morgan fingerprint density at radius 3 is 2.85 bits per heavy atom. The summed E-state index contributed by atoms with van der Waals surface area (Å²) in [6, 6.07) is 16.4. The Balaban J connectivity index is 1.41. The average Bonchev–Trinajstić information content (AvgIpc) is 3.29. The van der Waals surface area contributed by atoms with E-state index in [1.807, 2.05) is 30.4 Å². The van der Waals surface area contributed by atoms with Crippen LogP contribution in [-0.2, 0) is 11.3 Å². The number of benzene rings is 2. The molecule has 2 N–H and O–H groups in total. The van der Waals surface area contributed by atoms with Crippen LogP contribution in [0.3, 0.4) is 0 Å². The number of allylic oxidation sites excluding steroid dienone is 5. The summed E-state index contributed by atoms with van der Waals surface area (Å²) in [4.78, 5) is 16.9. The number of fused-ring (bicyclic) bond motifs is 1. The van der Waals surface area contributed by atoms with E-state index in [0.29, 0.717) is 13.0 Å². The summed E-state index contributed by atoms with van der Waals surface area (Å²) in [6.45, 7) is 4.89. The monoisotopic (exact) mass is 579 g/mol. The van der Waals surface area contributed by atoms with Gasteiger partial charge in [-0.1, -0.05) is 86.0 Å². The predicted octanol–water partition coefficient (Wildman–Crippen LogP) is 7.97. The first-order chi connectivity index (χ1) is 19.5. The number of ether oxygens (including phenoxy) is 1. The van der Waals surface area contributed by atoms with Crippen LogP contribution in [0.5, 0.6) is 5.75 Å². The molecule has 0 fully saturated rings. The number of unbranched alkanes of at least 4 members (excludes halogenated alkanes) is 2. The first-order valence-corrected chi connectivity index (χ1v) is 15.6. The van der Waals surface area contributed by atoms with Gasteiger partial charge < -0.3 is 15.0 Å². The molecule has 40 heavy (non-hydrogen) atoms. The third-order valence-corrected chi connectivity index (χ3v) is 8.40. The molecule has 2 atom stereocenters. The number of amides is 1. The van der Waals surface area contributed by atoms with E-state index in [0.717, 1.165) is 59.2 Å². The summed E-state index contributed by atoms with van der Waals surface area (Å²) in [5, 5.41) is 4.14. The van der Waals surface area contributed by atoms with Gasteiger partial charge in [0, 0.05) is 34.9 Å². The van der Waals surface area contributed by atoms with Crippen molar-refractivity contribution in [3.63, 3.8) is 0 Å². The minimum absolute atomic E-state index is 0.0212. The molecule has 2 aliphatic rings. The average molecular weight is 580 g/mol. The van der Waals surface area contributed by atoms with Crippen molar-refractivity contribution >= 4 is 29.5 Å². The molecule has 4 rings (SSSR count). The van der Waals surface area contributed by atoms with Gasteiger partial charge in [0.25, 0.3) is 0 Å². The minimum atomic E-state index is -0.143. The van der Waals surface area contributed by atoms with E-state index in [4.69, 9.17) is 16.3 Å². The summed E-state index contributed by atoms with van der Waals surface area (Å²) in [5.41, 5.74) is 3.39. The highest BCUT2D eigenvalue weighted by Gasteiger charge is 2.24. The van der Waals surface area contributed by atoms with Crippen LogP contribution in [0.25, 0.3) is 0 Å². The van der Waals surface area contributed by atoms with Gasteiger partial charge in [0.2, 0.25) is 5.91 Å². The summed E-state index contributed by atoms with van der Waals surface area (Å²) >= 11 is 7.70. The van der Waals surface area contributed by atoms with Crippen molar-refractivity contribution in [2.75, 3.05) is 20.2 Å². The van der Waals surface area contributed by atoms with Crippen molar-refractivity contribution in [2.24, 2.45) is 0 Å². The standard InChI is InChI=1S/C33H42ClN3O2S/c1-3-4-8-20-37(2)24-25-16-19-29-30(15-10-21-39-32(29)22-25)35-33(38)23-31(26-11-6-5-7-12-26)36-40-28-14-9-13-27(34)17-18-28/h5-7,9,11-12,14,16-19,22,30-31,36H,3-4,8,10,13,15,20-21,23-24H2,1-2H3,(H,35,38)/t30-,31-/m1/s1. The van der Waals surface area contributed by atoms with Gasteiger partial charge in [-0.15, -0.1) is 0 Å². The topological polar surface area (TPSA) is 53.6 Å². The van der Waals surface area contributed by atoms with Gasteiger partial charge in [0.1, 0.15) is 5.75 Å². The summed E-state index contributed by atoms with van der Waals surface area (Å²) in [6.07, 6.45) is 14.6. The van der Waals surface area contributed by atoms with Crippen LogP contribution >= 0.6 is 23.5 Å². The largest absolute Gasteiger partial charge is 0.493 e. The highest BCUT2D eigenvalue weighted by Crippen LogP contribution is 2.33. The van der Waals surface area contributed by atoms with Crippen LogP contribution in [0.2, 0.25) is 0 Å². The Bertz CT molecular complexity index is 1200. The third kappa shape index (κ3) is 9.55. The molecule has 7 heteroatoms. The van der Waals surface area contributed by atoms with Gasteiger partial charge in [-0.2, -0.15) is 0 Å². The van der Waals surface area contributed by atoms with Crippen molar-refractivity contribution < 1.29 is 9.53 Å². The number of hydrogen-bond acceptors (Lipinski definition) is 5. The quantitative estimate of drug-likeness (QED) is 0.186. The van der Waals surface area contributed by atoms with Gasteiger partial charge in [0.05, 0.1) is 18.7 Å². The number of carbonyl (C=O) groups is 1. The number of nitrogens with zero attached hydrogens (tertiary/aromatic N) is 1. The molecule has 0 radical (unpaired) electrons. The molecule has 0 saturated heterocycles. The lowest BCUT2D eigenvalue weighted by molar-refractivity contribution is -0.122. The number of hydrogen-bond donors (Lipinski definition) is 2. The SMILES string of the molecule is CCCCCN(C)Cc1ccc2c(c1)OCCC[C@H]2NC(=O)C[C@@H](NSC1=CC=C(Cl)CC=C1)c1ccccc1. The van der Waals surface area contributed by atoms with E-state index in [1.165, 1.54) is 36.8 Å². The van der Waals surface area contributed by atoms with E-state index in [2.05, 4.69) is 71.4 Å². The molecule has 0 unspecified atom stereocenters. The second-order valence-electron chi connectivity index (χ2n) is 10.6. The highest BCUT2D eigenvalue weighted by atomic mass is 35.5. The minimum Gasteiger partial charge on any atom is -0.493 e. The predicted molar refractivity (Wildman–Crippen MR) is 168 cm³/mol. The number of nitrogens with one attached hydrogen (secondary N) is 2. The van der Waals surface area contributed by atoms with E-state index in [1.54, 1.807) is 0 Å². The fourth-order valence-corrected chi connectivity index (χ4v) is 5.98. The fourth-order valence-electron chi connectivity index (χ4n) is 5.03. The summed E-state index contributed by atoms with van der Waals surface area (Å²) in [5.74, 6) is 0.919. The number of carbonyl (C=O) groups excluding carboxylic acids is 1. The Hall–Kier alpha value is -2.51. The van der Waals surface area contributed by atoms with Gasteiger partial charge in [-0.3, -0.25) is 9.52 Å². The molecule has 1 aliphatic carbocycles. The van der Waals surface area contributed by atoms with Gasteiger partial charge in [-0.25, -0.2) is 0 Å². The molecule has 0 bridgehead atoms. The van der Waals surface area contributed by atoms with E-state index in [9.17, 15) is 4.79 Å². The van der Waals surface area contributed by atoms with Gasteiger partial charge >= 0.3 is 0 Å². The lowest BCUT2D eigenvalue weighted by Crippen LogP contribution is -2.31. The lowest BCUT2D eigenvalue weighted by atomic mass is 9.99.